The monoisotopic (exact) mass is 671 g/mol. The molecule has 4 aromatic rings. The molecule has 0 unspecified atom stereocenters. The molecule has 1 aliphatic rings. The Morgan fingerprint density at radius 1 is 0.902 bits per heavy atom. The molecule has 10 heteroatoms. The number of nitrogens with zero attached hydrogens (tertiary/aromatic N) is 1. The topological polar surface area (TPSA) is 65.1 Å². The Morgan fingerprint density at radius 2 is 1.71 bits per heavy atom. The van der Waals surface area contributed by atoms with Crippen LogP contribution in [0.3, 0.4) is 0 Å². The summed E-state index contributed by atoms with van der Waals surface area (Å²) in [5.41, 5.74) is 1.52. The molecule has 0 spiro atoms. The fourth-order valence-electron chi connectivity index (χ4n) is 4.27. The molecule has 1 saturated heterocycles. The number of carbonyl (C=O) groups is 2. The molecule has 0 saturated carbocycles. The van der Waals surface area contributed by atoms with E-state index in [4.69, 9.17) is 37.4 Å². The van der Waals surface area contributed by atoms with E-state index in [0.29, 0.717) is 48.8 Å². The zero-order chi connectivity index (χ0) is 28.9. The molecule has 5 rings (SSSR count). The van der Waals surface area contributed by atoms with Gasteiger partial charge in [-0.2, -0.15) is 0 Å². The summed E-state index contributed by atoms with van der Waals surface area (Å²) >= 11 is 16.6. The molecule has 0 bridgehead atoms. The minimum Gasteiger partial charge on any atom is -0.491 e. The second-order valence-electron chi connectivity index (χ2n) is 8.96. The van der Waals surface area contributed by atoms with Crippen LogP contribution < -0.4 is 14.2 Å². The van der Waals surface area contributed by atoms with Crippen molar-refractivity contribution in [2.24, 2.45) is 0 Å². The molecule has 2 amide bonds. The van der Waals surface area contributed by atoms with E-state index in [1.807, 2.05) is 61.5 Å². The summed E-state index contributed by atoms with van der Waals surface area (Å²) in [6.45, 7) is 2.85. The number of hydrogen-bond acceptors (Lipinski definition) is 6. The summed E-state index contributed by atoms with van der Waals surface area (Å²) in [5.74, 6) is 1.35. The largest absolute Gasteiger partial charge is 0.491 e. The SMILES string of the molecule is CCOc1cc(/C=C2\SC(=O)N(CCOc3cccc4ccccc34)C2=O)cc(Br)c1OCc1ccc(Cl)c(Cl)c1. The van der Waals surface area contributed by atoms with Gasteiger partial charge in [0.05, 0.1) is 32.6 Å². The quantitative estimate of drug-likeness (QED) is 0.157. The first-order valence-corrected chi connectivity index (χ1v) is 15.1. The second kappa shape index (κ2) is 13.2. The maximum absolute atomic E-state index is 13.1. The highest BCUT2D eigenvalue weighted by Gasteiger charge is 2.35. The maximum Gasteiger partial charge on any atom is 0.293 e. The smallest absolute Gasteiger partial charge is 0.293 e. The summed E-state index contributed by atoms with van der Waals surface area (Å²) in [6, 6.07) is 22.6. The average Bonchev–Trinajstić information content (AvgIpc) is 3.22. The number of thioether (sulfide) groups is 1. The van der Waals surface area contributed by atoms with Gasteiger partial charge in [-0.25, -0.2) is 0 Å². The normalized spacial score (nSPS) is 14.2. The van der Waals surface area contributed by atoms with Gasteiger partial charge >= 0.3 is 0 Å². The van der Waals surface area contributed by atoms with Crippen molar-refractivity contribution in [3.05, 3.63) is 103 Å². The molecule has 0 aliphatic carbocycles. The molecule has 6 nitrogen and oxygen atoms in total. The minimum absolute atomic E-state index is 0.139. The summed E-state index contributed by atoms with van der Waals surface area (Å²) in [7, 11) is 0. The first kappa shape index (κ1) is 29.3. The number of benzene rings is 4. The van der Waals surface area contributed by atoms with Crippen LogP contribution in [0.4, 0.5) is 4.79 Å². The minimum atomic E-state index is -0.365. The number of hydrogen-bond donors (Lipinski definition) is 0. The number of fused-ring (bicyclic) bond motifs is 1. The van der Waals surface area contributed by atoms with Crippen molar-refractivity contribution in [1.82, 2.24) is 4.90 Å². The molecule has 41 heavy (non-hydrogen) atoms. The van der Waals surface area contributed by atoms with E-state index in [-0.39, 0.29) is 30.9 Å². The molecular formula is C31H24BrCl2NO5S. The van der Waals surface area contributed by atoms with Crippen LogP contribution in [-0.4, -0.2) is 35.8 Å². The van der Waals surface area contributed by atoms with Gasteiger partial charge in [0.15, 0.2) is 11.5 Å². The van der Waals surface area contributed by atoms with E-state index in [9.17, 15) is 9.59 Å². The molecule has 1 aliphatic heterocycles. The third-order valence-corrected chi connectivity index (χ3v) is 8.43. The van der Waals surface area contributed by atoms with Gasteiger partial charge in [-0.3, -0.25) is 14.5 Å². The van der Waals surface area contributed by atoms with Crippen molar-refractivity contribution in [1.29, 1.82) is 0 Å². The Balaban J connectivity index is 1.28. The van der Waals surface area contributed by atoms with E-state index < -0.39 is 0 Å². The highest BCUT2D eigenvalue weighted by molar-refractivity contribution is 9.10. The van der Waals surface area contributed by atoms with Crippen LogP contribution in [0.15, 0.2) is 82.2 Å². The summed E-state index contributed by atoms with van der Waals surface area (Å²) in [4.78, 5) is 27.3. The van der Waals surface area contributed by atoms with Crippen LogP contribution in [-0.2, 0) is 11.4 Å². The molecular weight excluding hydrogens is 649 g/mol. The van der Waals surface area contributed by atoms with Crippen LogP contribution in [0.5, 0.6) is 17.2 Å². The summed E-state index contributed by atoms with van der Waals surface area (Å²) in [6.07, 6.45) is 1.67. The first-order valence-electron chi connectivity index (χ1n) is 12.7. The van der Waals surface area contributed by atoms with Gasteiger partial charge in [-0.05, 0) is 87.5 Å². The Kier molecular flexibility index (Phi) is 9.45. The standard InChI is InChI=1S/C31H24BrCl2NO5S/c1-2-38-27-16-20(14-23(32)29(27)40-18-19-10-11-24(33)25(34)15-19)17-28-30(36)35(31(37)41-28)12-13-39-26-9-5-7-21-6-3-4-8-22(21)26/h3-11,14-17H,2,12-13,18H2,1H3/b28-17-. The second-order valence-corrected chi connectivity index (χ2v) is 11.6. The lowest BCUT2D eigenvalue weighted by Gasteiger charge is -2.15. The Bertz CT molecular complexity index is 1660. The van der Waals surface area contributed by atoms with Crippen LogP contribution in [0.25, 0.3) is 16.8 Å². The third-order valence-electron chi connectivity index (χ3n) is 6.19. The molecule has 0 radical (unpaired) electrons. The van der Waals surface area contributed by atoms with Crippen LogP contribution in [0.2, 0.25) is 10.0 Å². The predicted octanol–water partition coefficient (Wildman–Crippen LogP) is 9.00. The molecule has 1 heterocycles. The number of imide groups is 1. The van der Waals surface area contributed by atoms with Crippen LogP contribution in [0, 0.1) is 0 Å². The molecule has 0 N–H and O–H groups in total. The molecule has 0 atom stereocenters. The summed E-state index contributed by atoms with van der Waals surface area (Å²) < 4.78 is 18.5. The lowest BCUT2D eigenvalue weighted by Crippen LogP contribution is -2.32. The zero-order valence-electron chi connectivity index (χ0n) is 21.9. The highest BCUT2D eigenvalue weighted by atomic mass is 79.9. The number of amides is 2. The Morgan fingerprint density at radius 3 is 2.51 bits per heavy atom. The van der Waals surface area contributed by atoms with Crippen molar-refractivity contribution >= 4 is 78.9 Å². The number of carbonyl (C=O) groups excluding carboxylic acids is 2. The van der Waals surface area contributed by atoms with Gasteiger partial charge in [0, 0.05) is 5.39 Å². The van der Waals surface area contributed by atoms with Crippen LogP contribution in [0.1, 0.15) is 18.1 Å². The Labute approximate surface area is 260 Å². The van der Waals surface area contributed by atoms with Crippen LogP contribution >= 0.6 is 50.9 Å². The van der Waals surface area contributed by atoms with E-state index in [1.165, 1.54) is 4.90 Å². The number of halogens is 3. The van der Waals surface area contributed by atoms with Gasteiger partial charge in [0.1, 0.15) is 19.0 Å². The van der Waals surface area contributed by atoms with Crippen molar-refractivity contribution in [2.75, 3.05) is 19.8 Å². The van der Waals surface area contributed by atoms with Gasteiger partial charge < -0.3 is 14.2 Å². The van der Waals surface area contributed by atoms with E-state index >= 15 is 0 Å². The predicted molar refractivity (Wildman–Crippen MR) is 168 cm³/mol. The summed E-state index contributed by atoms with van der Waals surface area (Å²) in [5, 5.41) is 2.61. The van der Waals surface area contributed by atoms with Crippen molar-refractivity contribution in [2.45, 2.75) is 13.5 Å². The number of ether oxygens (including phenoxy) is 3. The van der Waals surface area contributed by atoms with E-state index in [1.54, 1.807) is 24.3 Å². The first-order chi connectivity index (χ1) is 19.8. The highest BCUT2D eigenvalue weighted by Crippen LogP contribution is 2.40. The van der Waals surface area contributed by atoms with Gasteiger partial charge in [0.2, 0.25) is 0 Å². The van der Waals surface area contributed by atoms with Gasteiger partial charge in [-0.1, -0.05) is 65.7 Å². The molecule has 1 fully saturated rings. The molecule has 0 aromatic heterocycles. The lowest BCUT2D eigenvalue weighted by atomic mass is 10.1. The average molecular weight is 673 g/mol. The lowest BCUT2D eigenvalue weighted by molar-refractivity contribution is -0.123. The fraction of sp³-hybridized carbons (Fsp3) is 0.161. The van der Waals surface area contributed by atoms with E-state index in [0.717, 1.165) is 28.1 Å². The van der Waals surface area contributed by atoms with Crippen molar-refractivity contribution in [3.63, 3.8) is 0 Å². The van der Waals surface area contributed by atoms with Gasteiger partial charge in [-0.15, -0.1) is 0 Å². The Hall–Kier alpha value is -3.17. The molecule has 4 aromatic carbocycles. The van der Waals surface area contributed by atoms with Gasteiger partial charge in [0.25, 0.3) is 11.1 Å². The van der Waals surface area contributed by atoms with Crippen molar-refractivity contribution < 1.29 is 23.8 Å². The molecule has 210 valence electrons. The zero-order valence-corrected chi connectivity index (χ0v) is 25.8. The maximum atomic E-state index is 13.1. The third kappa shape index (κ3) is 6.84. The number of rotatable bonds is 10. The van der Waals surface area contributed by atoms with E-state index in [2.05, 4.69) is 15.9 Å². The fourth-order valence-corrected chi connectivity index (χ4v) is 6.03. The van der Waals surface area contributed by atoms with Crippen molar-refractivity contribution in [3.8, 4) is 17.2 Å².